The topological polar surface area (TPSA) is 24.5 Å². The van der Waals surface area contributed by atoms with Gasteiger partial charge < -0.3 is 10.1 Å². The Morgan fingerprint density at radius 2 is 2.25 bits per heavy atom. The molecule has 1 N–H and O–H groups in total. The van der Waals surface area contributed by atoms with Crippen molar-refractivity contribution in [3.05, 3.63) is 23.8 Å². The van der Waals surface area contributed by atoms with E-state index in [1.54, 1.807) is 0 Å². The van der Waals surface area contributed by atoms with E-state index in [1.165, 1.54) is 30.6 Å². The van der Waals surface area contributed by atoms with Crippen molar-refractivity contribution in [3.63, 3.8) is 0 Å². The zero-order valence-corrected chi connectivity index (χ0v) is 12.7. The predicted octanol–water partition coefficient (Wildman–Crippen LogP) is 3.30. The van der Waals surface area contributed by atoms with Crippen molar-refractivity contribution >= 4 is 5.69 Å². The first-order valence-electron chi connectivity index (χ1n) is 7.97. The summed E-state index contributed by atoms with van der Waals surface area (Å²) in [6, 6.07) is 6.47. The van der Waals surface area contributed by atoms with Crippen LogP contribution in [-0.2, 0) is 6.42 Å². The molecule has 3 nitrogen and oxygen atoms in total. The van der Waals surface area contributed by atoms with Gasteiger partial charge in [0.2, 0.25) is 0 Å². The summed E-state index contributed by atoms with van der Waals surface area (Å²) in [7, 11) is 0. The number of nitrogens with zero attached hydrogens (tertiary/aromatic N) is 1. The van der Waals surface area contributed by atoms with Crippen LogP contribution in [0.25, 0.3) is 0 Å². The van der Waals surface area contributed by atoms with Crippen LogP contribution >= 0.6 is 0 Å². The number of ether oxygens (including phenoxy) is 1. The highest BCUT2D eigenvalue weighted by molar-refractivity contribution is 5.63. The molecule has 3 rings (SSSR count). The van der Waals surface area contributed by atoms with Crippen LogP contribution in [0.4, 0.5) is 5.69 Å². The number of piperidine rings is 1. The van der Waals surface area contributed by atoms with Crippen LogP contribution in [-0.4, -0.2) is 36.7 Å². The quantitative estimate of drug-likeness (QED) is 0.915. The van der Waals surface area contributed by atoms with E-state index in [2.05, 4.69) is 42.3 Å². The number of para-hydroxylation sites is 1. The zero-order chi connectivity index (χ0) is 14.0. The van der Waals surface area contributed by atoms with Gasteiger partial charge in [-0.15, -0.1) is 0 Å². The maximum Gasteiger partial charge on any atom is 0.143 e. The van der Waals surface area contributed by atoms with Gasteiger partial charge in [-0.05, 0) is 57.3 Å². The predicted molar refractivity (Wildman–Crippen MR) is 83.6 cm³/mol. The van der Waals surface area contributed by atoms with Crippen molar-refractivity contribution in [3.8, 4) is 5.75 Å². The van der Waals surface area contributed by atoms with E-state index < -0.39 is 0 Å². The standard InChI is InChI=1S/C17H26N2O/c1-3-19-12-6-10-17(2,13-19)20-15-9-4-7-14-8-5-11-18-16(14)15/h4,7,9,18H,3,5-6,8,10-13H2,1-2H3. The number of anilines is 1. The molecule has 1 aromatic carbocycles. The summed E-state index contributed by atoms with van der Waals surface area (Å²) in [6.45, 7) is 8.91. The van der Waals surface area contributed by atoms with Gasteiger partial charge in [0.15, 0.2) is 0 Å². The van der Waals surface area contributed by atoms with E-state index in [0.717, 1.165) is 38.2 Å². The lowest BCUT2D eigenvalue weighted by molar-refractivity contribution is 0.00831. The second-order valence-corrected chi connectivity index (χ2v) is 6.34. The summed E-state index contributed by atoms with van der Waals surface area (Å²) in [5.74, 6) is 1.04. The Kier molecular flexibility index (Phi) is 3.88. The van der Waals surface area contributed by atoms with E-state index in [-0.39, 0.29) is 5.60 Å². The third-order valence-electron chi connectivity index (χ3n) is 4.58. The molecule has 0 aliphatic carbocycles. The lowest BCUT2D eigenvalue weighted by Crippen LogP contribution is -2.49. The SMILES string of the molecule is CCN1CCCC(C)(Oc2cccc3c2NCCC3)C1. The summed E-state index contributed by atoms with van der Waals surface area (Å²) in [5, 5.41) is 3.52. The Morgan fingerprint density at radius 1 is 1.35 bits per heavy atom. The number of rotatable bonds is 3. The largest absolute Gasteiger partial charge is 0.484 e. The monoisotopic (exact) mass is 274 g/mol. The molecule has 0 saturated carbocycles. The van der Waals surface area contributed by atoms with Gasteiger partial charge in [-0.3, -0.25) is 4.90 Å². The molecule has 2 aliphatic rings. The van der Waals surface area contributed by atoms with Crippen LogP contribution in [0.2, 0.25) is 0 Å². The maximum atomic E-state index is 6.47. The highest BCUT2D eigenvalue weighted by atomic mass is 16.5. The fourth-order valence-electron chi connectivity index (χ4n) is 3.49. The minimum absolute atomic E-state index is 0.0531. The van der Waals surface area contributed by atoms with E-state index >= 15 is 0 Å². The molecular weight excluding hydrogens is 248 g/mol. The van der Waals surface area contributed by atoms with E-state index in [1.807, 2.05) is 0 Å². The van der Waals surface area contributed by atoms with E-state index in [4.69, 9.17) is 4.74 Å². The number of likely N-dealkylation sites (tertiary alicyclic amines) is 1. The number of fused-ring (bicyclic) bond motifs is 1. The molecule has 1 unspecified atom stereocenters. The van der Waals surface area contributed by atoms with Crippen molar-refractivity contribution < 1.29 is 4.74 Å². The molecule has 1 aromatic rings. The van der Waals surface area contributed by atoms with Gasteiger partial charge in [0.05, 0.1) is 5.69 Å². The van der Waals surface area contributed by atoms with Crippen LogP contribution in [0, 0.1) is 0 Å². The highest BCUT2D eigenvalue weighted by Gasteiger charge is 2.33. The molecule has 110 valence electrons. The number of likely N-dealkylation sites (N-methyl/N-ethyl adjacent to an activating group) is 1. The normalized spacial score (nSPS) is 26.7. The maximum absolute atomic E-state index is 6.47. The fraction of sp³-hybridized carbons (Fsp3) is 0.647. The number of nitrogens with one attached hydrogen (secondary N) is 1. The molecule has 20 heavy (non-hydrogen) atoms. The van der Waals surface area contributed by atoms with E-state index in [9.17, 15) is 0 Å². The molecule has 0 spiro atoms. The zero-order valence-electron chi connectivity index (χ0n) is 12.7. The molecule has 0 radical (unpaired) electrons. The second-order valence-electron chi connectivity index (χ2n) is 6.34. The third kappa shape index (κ3) is 2.78. The van der Waals surface area contributed by atoms with Gasteiger partial charge in [-0.2, -0.15) is 0 Å². The number of benzene rings is 1. The number of hydrogen-bond donors (Lipinski definition) is 1. The Bertz CT molecular complexity index is 474. The van der Waals surface area contributed by atoms with Gasteiger partial charge in [0.25, 0.3) is 0 Å². The van der Waals surface area contributed by atoms with Gasteiger partial charge >= 0.3 is 0 Å². The van der Waals surface area contributed by atoms with E-state index in [0.29, 0.717) is 0 Å². The molecule has 1 saturated heterocycles. The summed E-state index contributed by atoms with van der Waals surface area (Å²) < 4.78 is 6.47. The molecule has 1 atom stereocenters. The van der Waals surface area contributed by atoms with Gasteiger partial charge in [-0.25, -0.2) is 0 Å². The lowest BCUT2D eigenvalue weighted by Gasteiger charge is -2.40. The number of hydrogen-bond acceptors (Lipinski definition) is 3. The molecular formula is C17H26N2O. The molecule has 0 aromatic heterocycles. The minimum atomic E-state index is -0.0531. The minimum Gasteiger partial charge on any atom is -0.484 e. The van der Waals surface area contributed by atoms with Crippen molar-refractivity contribution in [2.45, 2.75) is 45.1 Å². The van der Waals surface area contributed by atoms with Crippen LogP contribution < -0.4 is 10.1 Å². The van der Waals surface area contributed by atoms with Crippen molar-refractivity contribution in [1.82, 2.24) is 4.90 Å². The first kappa shape index (κ1) is 13.7. The Morgan fingerprint density at radius 3 is 3.10 bits per heavy atom. The van der Waals surface area contributed by atoms with Crippen LogP contribution in [0.1, 0.15) is 38.7 Å². The fourth-order valence-corrected chi connectivity index (χ4v) is 3.49. The molecule has 0 bridgehead atoms. The van der Waals surface area contributed by atoms with Crippen molar-refractivity contribution in [2.24, 2.45) is 0 Å². The molecule has 2 heterocycles. The molecule has 3 heteroatoms. The summed E-state index contributed by atoms with van der Waals surface area (Å²) in [6.07, 6.45) is 4.76. The summed E-state index contributed by atoms with van der Waals surface area (Å²) in [5.41, 5.74) is 2.58. The average molecular weight is 274 g/mol. The van der Waals surface area contributed by atoms with Gasteiger partial charge in [0.1, 0.15) is 11.4 Å². The highest BCUT2D eigenvalue weighted by Crippen LogP contribution is 2.36. The Balaban J connectivity index is 1.80. The number of aryl methyl sites for hydroxylation is 1. The third-order valence-corrected chi connectivity index (χ3v) is 4.58. The lowest BCUT2D eigenvalue weighted by atomic mass is 9.94. The summed E-state index contributed by atoms with van der Waals surface area (Å²) >= 11 is 0. The molecule has 2 aliphatic heterocycles. The first-order valence-corrected chi connectivity index (χ1v) is 7.97. The molecule has 0 amide bonds. The molecule has 1 fully saturated rings. The van der Waals surface area contributed by atoms with Crippen molar-refractivity contribution in [1.29, 1.82) is 0 Å². The Labute approximate surface area is 122 Å². The van der Waals surface area contributed by atoms with Crippen LogP contribution in [0.3, 0.4) is 0 Å². The smallest absolute Gasteiger partial charge is 0.143 e. The van der Waals surface area contributed by atoms with Crippen molar-refractivity contribution in [2.75, 3.05) is 31.5 Å². The Hall–Kier alpha value is -1.22. The first-order chi connectivity index (χ1) is 9.70. The van der Waals surface area contributed by atoms with Crippen LogP contribution in [0.5, 0.6) is 5.75 Å². The second kappa shape index (κ2) is 5.65. The van der Waals surface area contributed by atoms with Gasteiger partial charge in [-0.1, -0.05) is 19.1 Å². The average Bonchev–Trinajstić information content (AvgIpc) is 2.47. The van der Waals surface area contributed by atoms with Crippen LogP contribution in [0.15, 0.2) is 18.2 Å². The summed E-state index contributed by atoms with van der Waals surface area (Å²) in [4.78, 5) is 2.49. The van der Waals surface area contributed by atoms with Gasteiger partial charge in [0, 0.05) is 13.1 Å².